The number of nitrogens with one attached hydrogen (secondary N) is 1. The predicted molar refractivity (Wildman–Crippen MR) is 101 cm³/mol. The van der Waals surface area contributed by atoms with E-state index in [2.05, 4.69) is 15.3 Å². The first kappa shape index (κ1) is 19.1. The molecule has 1 atom stereocenters. The van der Waals surface area contributed by atoms with Gasteiger partial charge in [0, 0.05) is 19.3 Å². The highest BCUT2D eigenvalue weighted by Gasteiger charge is 2.37. The third-order valence-corrected chi connectivity index (χ3v) is 4.77. The van der Waals surface area contributed by atoms with E-state index in [4.69, 9.17) is 14.2 Å². The second-order valence-corrected chi connectivity index (χ2v) is 6.67. The van der Waals surface area contributed by atoms with Crippen molar-refractivity contribution in [2.24, 2.45) is 0 Å². The Labute approximate surface area is 159 Å². The van der Waals surface area contributed by atoms with E-state index in [1.54, 1.807) is 13.3 Å². The summed E-state index contributed by atoms with van der Waals surface area (Å²) in [6, 6.07) is 8.30. The number of aromatic nitrogens is 2. The fourth-order valence-electron chi connectivity index (χ4n) is 3.12. The van der Waals surface area contributed by atoms with Crippen LogP contribution in [0.1, 0.15) is 25.3 Å². The maximum absolute atomic E-state index is 12.2. The number of carbonyl (C=O) groups excluding carboxylic acids is 1. The average Bonchev–Trinajstić information content (AvgIpc) is 3.16. The van der Waals surface area contributed by atoms with Crippen LogP contribution in [0.15, 0.2) is 30.5 Å². The van der Waals surface area contributed by atoms with Crippen LogP contribution in [-0.2, 0) is 16.0 Å². The number of methoxy groups -OCH3 is 2. The molecule has 1 amide bonds. The predicted octanol–water partition coefficient (Wildman–Crippen LogP) is 2.39. The van der Waals surface area contributed by atoms with Crippen molar-refractivity contribution < 1.29 is 19.0 Å². The number of hydrogen-bond acceptors (Lipinski definition) is 6. The molecule has 7 nitrogen and oxygen atoms in total. The fraction of sp³-hybridized carbons (Fsp3) is 0.450. The molecule has 2 aromatic rings. The number of carbonyl (C=O) groups is 1. The van der Waals surface area contributed by atoms with Crippen molar-refractivity contribution in [3.63, 3.8) is 0 Å². The zero-order valence-corrected chi connectivity index (χ0v) is 15.9. The van der Waals surface area contributed by atoms with Crippen molar-refractivity contribution in [3.05, 3.63) is 36.0 Å². The molecule has 144 valence electrons. The van der Waals surface area contributed by atoms with E-state index in [0.717, 1.165) is 36.0 Å². The summed E-state index contributed by atoms with van der Waals surface area (Å²) in [4.78, 5) is 20.6. The van der Waals surface area contributed by atoms with E-state index in [1.165, 1.54) is 7.11 Å². The maximum atomic E-state index is 12.2. The molecular formula is C20H25N3O4. The van der Waals surface area contributed by atoms with Crippen LogP contribution < -0.4 is 14.8 Å². The fourth-order valence-corrected chi connectivity index (χ4v) is 3.12. The first-order valence-corrected chi connectivity index (χ1v) is 9.02. The quantitative estimate of drug-likeness (QED) is 0.805. The van der Waals surface area contributed by atoms with Gasteiger partial charge in [-0.3, -0.25) is 4.79 Å². The summed E-state index contributed by atoms with van der Waals surface area (Å²) in [6.07, 6.45) is 4.14. The molecule has 1 aromatic carbocycles. The number of ether oxygens (including phenoxy) is 3. The molecule has 2 heterocycles. The van der Waals surface area contributed by atoms with Gasteiger partial charge in [0.25, 0.3) is 5.91 Å². The topological polar surface area (TPSA) is 82.6 Å². The van der Waals surface area contributed by atoms with Gasteiger partial charge in [0.05, 0.1) is 19.8 Å². The van der Waals surface area contributed by atoms with Gasteiger partial charge >= 0.3 is 6.01 Å². The summed E-state index contributed by atoms with van der Waals surface area (Å²) in [6.45, 7) is 3.09. The molecule has 0 radical (unpaired) electrons. The third-order valence-electron chi connectivity index (χ3n) is 4.77. The molecule has 0 spiro atoms. The van der Waals surface area contributed by atoms with Crippen LogP contribution in [0, 0.1) is 0 Å². The Hall–Kier alpha value is -2.67. The number of hydrogen-bond donors (Lipinski definition) is 1. The van der Waals surface area contributed by atoms with Gasteiger partial charge in [0.15, 0.2) is 0 Å². The van der Waals surface area contributed by atoms with Crippen LogP contribution in [0.5, 0.6) is 11.9 Å². The normalized spacial score (nSPS) is 18.9. The van der Waals surface area contributed by atoms with E-state index in [0.29, 0.717) is 19.0 Å². The van der Waals surface area contributed by atoms with Gasteiger partial charge in [-0.15, -0.1) is 0 Å². The lowest BCUT2D eigenvalue weighted by Crippen LogP contribution is -2.44. The van der Waals surface area contributed by atoms with Crippen LogP contribution in [0.4, 0.5) is 0 Å². The Morgan fingerprint density at radius 3 is 2.67 bits per heavy atom. The Morgan fingerprint density at radius 1 is 1.26 bits per heavy atom. The minimum absolute atomic E-state index is 0.0308. The largest absolute Gasteiger partial charge is 0.480 e. The molecule has 1 aliphatic heterocycles. The van der Waals surface area contributed by atoms with Crippen molar-refractivity contribution in [2.45, 2.75) is 31.8 Å². The van der Waals surface area contributed by atoms with Gasteiger partial charge in [0.2, 0.25) is 5.88 Å². The van der Waals surface area contributed by atoms with Crippen molar-refractivity contribution >= 4 is 5.91 Å². The first-order chi connectivity index (χ1) is 13.1. The smallest absolute Gasteiger partial charge is 0.319 e. The number of benzene rings is 1. The lowest BCUT2D eigenvalue weighted by atomic mass is 10.0. The molecule has 3 rings (SSSR count). The molecule has 1 aliphatic rings. The highest BCUT2D eigenvalue weighted by atomic mass is 16.5. The molecule has 27 heavy (non-hydrogen) atoms. The molecule has 1 fully saturated rings. The highest BCUT2D eigenvalue weighted by molar-refractivity contribution is 5.85. The number of amides is 1. The SMILES string of the molecule is COc1ncc(-c2ccc(CCNC(=O)C3(C)CCCO3)cc2)c(OC)n1. The van der Waals surface area contributed by atoms with Crippen LogP contribution in [0.3, 0.4) is 0 Å². The lowest BCUT2D eigenvalue weighted by Gasteiger charge is -2.21. The molecule has 1 saturated heterocycles. The summed E-state index contributed by atoms with van der Waals surface area (Å²) in [5.41, 5.74) is 2.21. The van der Waals surface area contributed by atoms with E-state index in [1.807, 2.05) is 31.2 Å². The van der Waals surface area contributed by atoms with Crippen LogP contribution in [-0.4, -0.2) is 48.8 Å². The number of rotatable bonds is 7. The molecule has 0 saturated carbocycles. The summed E-state index contributed by atoms with van der Waals surface area (Å²) in [5, 5.41) is 2.97. The average molecular weight is 371 g/mol. The standard InChI is InChI=1S/C20H25N3O4/c1-20(10-4-12-27-20)18(24)21-11-9-14-5-7-15(8-6-14)16-13-22-19(26-3)23-17(16)25-2/h5-8,13H,4,9-12H2,1-3H3,(H,21,24). The summed E-state index contributed by atoms with van der Waals surface area (Å²) >= 11 is 0. The number of nitrogens with zero attached hydrogens (tertiary/aromatic N) is 2. The van der Waals surface area contributed by atoms with Crippen LogP contribution >= 0.6 is 0 Å². The summed E-state index contributed by atoms with van der Waals surface area (Å²) in [7, 11) is 3.08. The molecule has 0 bridgehead atoms. The van der Waals surface area contributed by atoms with E-state index in [-0.39, 0.29) is 11.9 Å². The molecule has 1 aromatic heterocycles. The van der Waals surface area contributed by atoms with E-state index >= 15 is 0 Å². The molecule has 7 heteroatoms. The minimum Gasteiger partial charge on any atom is -0.480 e. The van der Waals surface area contributed by atoms with Crippen LogP contribution in [0.2, 0.25) is 0 Å². The molecule has 1 N–H and O–H groups in total. The van der Waals surface area contributed by atoms with E-state index < -0.39 is 5.60 Å². The van der Waals surface area contributed by atoms with Crippen LogP contribution in [0.25, 0.3) is 11.1 Å². The van der Waals surface area contributed by atoms with Gasteiger partial charge in [-0.05, 0) is 37.3 Å². The Morgan fingerprint density at radius 2 is 2.04 bits per heavy atom. The Kier molecular flexibility index (Phi) is 5.91. The van der Waals surface area contributed by atoms with E-state index in [9.17, 15) is 4.79 Å². The lowest BCUT2D eigenvalue weighted by molar-refractivity contribution is -0.139. The van der Waals surface area contributed by atoms with Gasteiger partial charge in [-0.25, -0.2) is 4.98 Å². The van der Waals surface area contributed by atoms with Crippen molar-refractivity contribution in [2.75, 3.05) is 27.4 Å². The Balaban J connectivity index is 1.60. The summed E-state index contributed by atoms with van der Waals surface area (Å²) < 4.78 is 15.9. The maximum Gasteiger partial charge on any atom is 0.319 e. The highest BCUT2D eigenvalue weighted by Crippen LogP contribution is 2.29. The Bertz CT molecular complexity index is 786. The first-order valence-electron chi connectivity index (χ1n) is 9.02. The van der Waals surface area contributed by atoms with Gasteiger partial charge in [0.1, 0.15) is 5.60 Å². The van der Waals surface area contributed by atoms with Crippen molar-refractivity contribution in [3.8, 4) is 23.0 Å². The molecule has 0 aliphatic carbocycles. The zero-order chi connectivity index (χ0) is 19.3. The van der Waals surface area contributed by atoms with Gasteiger partial charge in [-0.2, -0.15) is 4.98 Å². The monoisotopic (exact) mass is 371 g/mol. The zero-order valence-electron chi connectivity index (χ0n) is 15.9. The molecular weight excluding hydrogens is 346 g/mol. The third kappa shape index (κ3) is 4.36. The van der Waals surface area contributed by atoms with Gasteiger partial charge in [-0.1, -0.05) is 24.3 Å². The van der Waals surface area contributed by atoms with Crippen molar-refractivity contribution in [1.82, 2.24) is 15.3 Å². The molecule has 1 unspecified atom stereocenters. The van der Waals surface area contributed by atoms with Gasteiger partial charge < -0.3 is 19.5 Å². The summed E-state index contributed by atoms with van der Waals surface area (Å²) in [5.74, 6) is 0.434. The second-order valence-electron chi connectivity index (χ2n) is 6.67. The second kappa shape index (κ2) is 8.35. The van der Waals surface area contributed by atoms with Crippen molar-refractivity contribution in [1.29, 1.82) is 0 Å². The minimum atomic E-state index is -0.672.